The first kappa shape index (κ1) is 41.0. The van der Waals surface area contributed by atoms with Crippen LogP contribution in [-0.4, -0.2) is 62.3 Å². The average Bonchev–Trinajstić information content (AvgIpc) is 3.02. The van der Waals surface area contributed by atoms with Gasteiger partial charge in [0.1, 0.15) is 23.7 Å². The summed E-state index contributed by atoms with van der Waals surface area (Å²) in [7, 11) is 0. The van der Waals surface area contributed by atoms with E-state index in [-0.39, 0.29) is 44.9 Å². The molecule has 2 rings (SSSR count). The summed E-state index contributed by atoms with van der Waals surface area (Å²) in [5, 5.41) is 8.67. The molecule has 1 aromatic rings. The lowest BCUT2D eigenvalue weighted by molar-refractivity contribution is -0.148. The molecule has 0 saturated heterocycles. The number of ether oxygens (including phenoxy) is 5. The summed E-state index contributed by atoms with van der Waals surface area (Å²) in [5.41, 5.74) is 3.77. The molecule has 1 heterocycles. The standard InChI is InChI=1S/C39H66O8/c1-28(2)12-9-13-29(3)14-10-15-30(4)16-11-20-39(8)21-19-34-33(7)37(31(5)32(6)38(34)47-39)46-36(42)18-17-35(41)45-27-26-44-25-24-43-23-22-40/h28-30,40H,9-27H2,1-8H3/t29-,30-,39+/m0/s1. The molecule has 0 aliphatic carbocycles. The highest BCUT2D eigenvalue weighted by Crippen LogP contribution is 2.45. The Morgan fingerprint density at radius 3 is 1.98 bits per heavy atom. The van der Waals surface area contributed by atoms with E-state index in [1.807, 2.05) is 20.8 Å². The van der Waals surface area contributed by atoms with Crippen molar-refractivity contribution in [3.63, 3.8) is 0 Å². The third-order valence-electron chi connectivity index (χ3n) is 9.69. The maximum atomic E-state index is 12.7. The molecular weight excluding hydrogens is 596 g/mol. The van der Waals surface area contributed by atoms with E-state index in [0.29, 0.717) is 19.0 Å². The van der Waals surface area contributed by atoms with Crippen molar-refractivity contribution in [3.8, 4) is 11.5 Å². The Kier molecular flexibility index (Phi) is 19.0. The molecule has 0 spiro atoms. The fraction of sp³-hybridized carbons (Fsp3) is 0.795. The Morgan fingerprint density at radius 2 is 1.34 bits per heavy atom. The molecule has 0 radical (unpaired) electrons. The fourth-order valence-corrected chi connectivity index (χ4v) is 6.46. The van der Waals surface area contributed by atoms with E-state index in [1.165, 1.54) is 51.4 Å². The molecule has 8 nitrogen and oxygen atoms in total. The van der Waals surface area contributed by atoms with E-state index >= 15 is 0 Å². The number of hydrogen-bond acceptors (Lipinski definition) is 8. The van der Waals surface area contributed by atoms with E-state index in [0.717, 1.165) is 65.0 Å². The van der Waals surface area contributed by atoms with Gasteiger partial charge in [0.05, 0.1) is 45.9 Å². The van der Waals surface area contributed by atoms with Crippen molar-refractivity contribution in [2.24, 2.45) is 17.8 Å². The third-order valence-corrected chi connectivity index (χ3v) is 9.69. The summed E-state index contributed by atoms with van der Waals surface area (Å²) in [6.45, 7) is 19.0. The van der Waals surface area contributed by atoms with E-state index < -0.39 is 11.9 Å². The van der Waals surface area contributed by atoms with E-state index in [1.54, 1.807) is 0 Å². The first-order valence-corrected chi connectivity index (χ1v) is 18.3. The second kappa shape index (κ2) is 21.7. The smallest absolute Gasteiger partial charge is 0.311 e. The lowest BCUT2D eigenvalue weighted by atomic mass is 9.83. The molecule has 270 valence electrons. The van der Waals surface area contributed by atoms with Crippen LogP contribution in [0.3, 0.4) is 0 Å². The van der Waals surface area contributed by atoms with Gasteiger partial charge in [0, 0.05) is 5.56 Å². The molecule has 3 atom stereocenters. The molecule has 1 aromatic carbocycles. The Hall–Kier alpha value is -2.16. The summed E-state index contributed by atoms with van der Waals surface area (Å²) in [6, 6.07) is 0. The molecule has 0 fully saturated rings. The summed E-state index contributed by atoms with van der Waals surface area (Å²) >= 11 is 0. The normalized spacial score (nSPS) is 17.2. The minimum Gasteiger partial charge on any atom is -0.487 e. The van der Waals surface area contributed by atoms with Gasteiger partial charge in [0.25, 0.3) is 0 Å². The average molecular weight is 663 g/mol. The van der Waals surface area contributed by atoms with Crippen molar-refractivity contribution >= 4 is 11.9 Å². The van der Waals surface area contributed by atoms with Crippen LogP contribution in [0.4, 0.5) is 0 Å². The Morgan fingerprint density at radius 1 is 0.766 bits per heavy atom. The molecule has 1 aliphatic heterocycles. The van der Waals surface area contributed by atoms with Crippen molar-refractivity contribution in [1.29, 1.82) is 0 Å². The number of hydrogen-bond donors (Lipinski definition) is 1. The van der Waals surface area contributed by atoms with E-state index in [9.17, 15) is 9.59 Å². The highest BCUT2D eigenvalue weighted by molar-refractivity contribution is 5.80. The number of carbonyl (C=O) groups is 2. The first-order valence-electron chi connectivity index (χ1n) is 18.3. The number of fused-ring (bicyclic) bond motifs is 1. The molecule has 1 N–H and O–H groups in total. The van der Waals surface area contributed by atoms with Crippen molar-refractivity contribution < 1.29 is 38.4 Å². The molecule has 0 unspecified atom stereocenters. The van der Waals surface area contributed by atoms with Gasteiger partial charge in [-0.3, -0.25) is 9.59 Å². The molecule has 1 aliphatic rings. The minimum atomic E-state index is -0.471. The van der Waals surface area contributed by atoms with E-state index in [2.05, 4.69) is 34.6 Å². The lowest BCUT2D eigenvalue weighted by Gasteiger charge is -2.38. The maximum Gasteiger partial charge on any atom is 0.311 e. The Balaban J connectivity index is 1.78. The zero-order valence-corrected chi connectivity index (χ0v) is 31.0. The second-order valence-corrected chi connectivity index (χ2v) is 14.6. The van der Waals surface area contributed by atoms with Crippen LogP contribution < -0.4 is 9.47 Å². The highest BCUT2D eigenvalue weighted by Gasteiger charge is 2.35. The van der Waals surface area contributed by atoms with Crippen LogP contribution in [0.25, 0.3) is 0 Å². The number of benzene rings is 1. The monoisotopic (exact) mass is 662 g/mol. The molecule has 0 saturated carbocycles. The molecule has 8 heteroatoms. The zero-order chi connectivity index (χ0) is 34.8. The number of esters is 2. The second-order valence-electron chi connectivity index (χ2n) is 14.6. The van der Waals surface area contributed by atoms with Crippen LogP contribution in [0, 0.1) is 38.5 Å². The predicted octanol–water partition coefficient (Wildman–Crippen LogP) is 8.39. The van der Waals surface area contributed by atoms with Gasteiger partial charge in [-0.1, -0.05) is 72.6 Å². The fourth-order valence-electron chi connectivity index (χ4n) is 6.46. The van der Waals surface area contributed by atoms with Crippen molar-refractivity contribution in [2.45, 2.75) is 144 Å². The largest absolute Gasteiger partial charge is 0.487 e. The van der Waals surface area contributed by atoms with Crippen molar-refractivity contribution in [2.75, 3.05) is 39.6 Å². The summed E-state index contributed by atoms with van der Waals surface area (Å²) in [4.78, 5) is 24.8. The number of aliphatic hydroxyl groups excluding tert-OH is 1. The first-order chi connectivity index (χ1) is 22.4. The minimum absolute atomic E-state index is 0.0303. The van der Waals surface area contributed by atoms with Gasteiger partial charge in [-0.05, 0) is 87.8 Å². The van der Waals surface area contributed by atoms with Crippen LogP contribution in [-0.2, 0) is 30.2 Å². The number of rotatable bonds is 24. The summed E-state index contributed by atoms with van der Waals surface area (Å²) in [6.07, 6.45) is 13.2. The number of aliphatic hydroxyl groups is 1. The van der Waals surface area contributed by atoms with Gasteiger partial charge in [-0.25, -0.2) is 0 Å². The number of carbonyl (C=O) groups excluding carboxylic acids is 2. The molecule has 0 amide bonds. The quantitative estimate of drug-likeness (QED) is 0.0669. The van der Waals surface area contributed by atoms with Gasteiger partial charge in [-0.15, -0.1) is 0 Å². The SMILES string of the molecule is Cc1c(C)c2c(c(C)c1OC(=O)CCC(=O)OCCOCCOCCO)CC[C@@](C)(CCC[C@@H](C)CCC[C@@H](C)CCCC(C)C)O2. The van der Waals surface area contributed by atoms with Gasteiger partial charge >= 0.3 is 11.9 Å². The highest BCUT2D eigenvalue weighted by atomic mass is 16.6. The van der Waals surface area contributed by atoms with Gasteiger partial charge in [0.2, 0.25) is 0 Å². The van der Waals surface area contributed by atoms with Crippen LogP contribution in [0.5, 0.6) is 11.5 Å². The van der Waals surface area contributed by atoms with Crippen LogP contribution >= 0.6 is 0 Å². The van der Waals surface area contributed by atoms with Crippen LogP contribution in [0.2, 0.25) is 0 Å². The van der Waals surface area contributed by atoms with Gasteiger partial charge < -0.3 is 28.8 Å². The van der Waals surface area contributed by atoms with Crippen LogP contribution in [0.1, 0.15) is 134 Å². The Bertz CT molecular complexity index is 1080. The summed E-state index contributed by atoms with van der Waals surface area (Å²) < 4.78 is 28.1. The molecule has 0 aromatic heterocycles. The lowest BCUT2D eigenvalue weighted by Crippen LogP contribution is -2.37. The molecule has 0 bridgehead atoms. The van der Waals surface area contributed by atoms with Crippen LogP contribution in [0.15, 0.2) is 0 Å². The maximum absolute atomic E-state index is 12.7. The van der Waals surface area contributed by atoms with Crippen molar-refractivity contribution in [3.05, 3.63) is 22.3 Å². The third kappa shape index (κ3) is 15.3. The van der Waals surface area contributed by atoms with Crippen molar-refractivity contribution in [1.82, 2.24) is 0 Å². The molecule has 47 heavy (non-hydrogen) atoms. The van der Waals surface area contributed by atoms with Gasteiger partial charge in [-0.2, -0.15) is 0 Å². The Labute approximate surface area is 285 Å². The zero-order valence-electron chi connectivity index (χ0n) is 31.0. The predicted molar refractivity (Wildman–Crippen MR) is 187 cm³/mol. The van der Waals surface area contributed by atoms with Gasteiger partial charge in [0.15, 0.2) is 0 Å². The van der Waals surface area contributed by atoms with E-state index in [4.69, 9.17) is 28.8 Å². The summed E-state index contributed by atoms with van der Waals surface area (Å²) in [5.74, 6) is 2.98. The topological polar surface area (TPSA) is 101 Å². The molecular formula is C39H66O8.